The Balaban J connectivity index is 2.56. The Morgan fingerprint density at radius 2 is 2.17 bits per heavy atom. The monoisotopic (exact) mass is 259 g/mol. The second-order valence-corrected chi connectivity index (χ2v) is 5.82. The van der Waals surface area contributed by atoms with Gasteiger partial charge in [-0.15, -0.1) is 0 Å². The maximum atomic E-state index is 12.0. The van der Waals surface area contributed by atoms with Crippen LogP contribution in [0.2, 0.25) is 0 Å². The summed E-state index contributed by atoms with van der Waals surface area (Å²) in [7, 11) is 0. The third kappa shape index (κ3) is 4.46. The average Bonchev–Trinajstić information content (AvgIpc) is 2.72. The first kappa shape index (κ1) is 15.2. The van der Waals surface area contributed by atoms with Crippen LogP contribution < -0.4 is 0 Å². The number of nitrogens with zero attached hydrogens (tertiary/aromatic N) is 1. The van der Waals surface area contributed by atoms with Gasteiger partial charge in [-0.05, 0) is 46.5 Å². The van der Waals surface area contributed by atoms with Crippen LogP contribution in [-0.2, 0) is 4.74 Å². The number of rotatable bonds is 4. The van der Waals surface area contributed by atoms with Gasteiger partial charge >= 0.3 is 6.09 Å². The summed E-state index contributed by atoms with van der Waals surface area (Å²) in [5, 5.41) is 18.8. The zero-order chi connectivity index (χ0) is 13.8. The van der Waals surface area contributed by atoms with E-state index < -0.39 is 11.7 Å². The van der Waals surface area contributed by atoms with Crippen molar-refractivity contribution in [3.05, 3.63) is 0 Å². The summed E-state index contributed by atoms with van der Waals surface area (Å²) in [6.45, 7) is 6.19. The number of hydrogen-bond donors (Lipinski definition) is 2. The highest BCUT2D eigenvalue weighted by Crippen LogP contribution is 2.24. The smallest absolute Gasteiger partial charge is 0.410 e. The van der Waals surface area contributed by atoms with Crippen LogP contribution in [0.25, 0.3) is 0 Å². The van der Waals surface area contributed by atoms with E-state index in [-0.39, 0.29) is 18.7 Å². The van der Waals surface area contributed by atoms with E-state index in [2.05, 4.69) is 0 Å². The lowest BCUT2D eigenvalue weighted by molar-refractivity contribution is 0.00302. The van der Waals surface area contributed by atoms with Crippen LogP contribution in [-0.4, -0.2) is 52.1 Å². The topological polar surface area (TPSA) is 70.0 Å². The molecule has 0 aliphatic carbocycles. The van der Waals surface area contributed by atoms with Gasteiger partial charge in [-0.2, -0.15) is 0 Å². The van der Waals surface area contributed by atoms with E-state index in [4.69, 9.17) is 9.84 Å². The predicted molar refractivity (Wildman–Crippen MR) is 68.3 cm³/mol. The third-order valence-corrected chi connectivity index (χ3v) is 3.03. The fourth-order valence-electron chi connectivity index (χ4n) is 2.23. The standard InChI is InChI=1S/C13H25NO4/c1-13(2,3)18-12(17)14-8-4-6-10(14)11(16)7-5-9-15/h10-11,15-16H,4-9H2,1-3H3. The van der Waals surface area contributed by atoms with Crippen molar-refractivity contribution in [2.45, 2.75) is 64.2 Å². The SMILES string of the molecule is CC(C)(C)OC(=O)N1CCCC1C(O)CCCO. The van der Waals surface area contributed by atoms with E-state index in [1.807, 2.05) is 20.8 Å². The van der Waals surface area contributed by atoms with E-state index in [0.717, 1.165) is 12.8 Å². The van der Waals surface area contributed by atoms with Crippen molar-refractivity contribution in [3.8, 4) is 0 Å². The van der Waals surface area contributed by atoms with Gasteiger partial charge in [0, 0.05) is 13.2 Å². The molecule has 0 radical (unpaired) electrons. The van der Waals surface area contributed by atoms with Gasteiger partial charge < -0.3 is 19.8 Å². The molecule has 0 bridgehead atoms. The van der Waals surface area contributed by atoms with Gasteiger partial charge in [0.1, 0.15) is 5.60 Å². The molecule has 2 atom stereocenters. The molecule has 106 valence electrons. The van der Waals surface area contributed by atoms with Gasteiger partial charge in [-0.1, -0.05) is 0 Å². The quantitative estimate of drug-likeness (QED) is 0.803. The highest BCUT2D eigenvalue weighted by Gasteiger charge is 2.35. The van der Waals surface area contributed by atoms with Crippen molar-refractivity contribution >= 4 is 6.09 Å². The molecule has 0 aromatic heterocycles. The molecule has 1 aliphatic rings. The van der Waals surface area contributed by atoms with Crippen LogP contribution >= 0.6 is 0 Å². The molecule has 1 heterocycles. The Bertz CT molecular complexity index is 275. The summed E-state index contributed by atoms with van der Waals surface area (Å²) in [6, 6.07) is -0.175. The van der Waals surface area contributed by atoms with Crippen LogP contribution in [0.1, 0.15) is 46.5 Å². The first-order chi connectivity index (χ1) is 8.35. The first-order valence-electron chi connectivity index (χ1n) is 6.63. The zero-order valence-corrected chi connectivity index (χ0v) is 11.6. The second-order valence-electron chi connectivity index (χ2n) is 5.82. The molecule has 5 nitrogen and oxygen atoms in total. The van der Waals surface area contributed by atoms with Gasteiger partial charge in [0.2, 0.25) is 0 Å². The van der Waals surface area contributed by atoms with Gasteiger partial charge in [0.15, 0.2) is 0 Å². The minimum absolute atomic E-state index is 0.0657. The molecule has 0 aromatic rings. The second kappa shape index (κ2) is 6.38. The fourth-order valence-corrected chi connectivity index (χ4v) is 2.23. The first-order valence-corrected chi connectivity index (χ1v) is 6.63. The molecule has 1 fully saturated rings. The molecule has 1 rings (SSSR count). The van der Waals surface area contributed by atoms with Gasteiger partial charge in [0.05, 0.1) is 12.1 Å². The highest BCUT2D eigenvalue weighted by atomic mass is 16.6. The Morgan fingerprint density at radius 3 is 2.72 bits per heavy atom. The normalized spacial score (nSPS) is 22.1. The average molecular weight is 259 g/mol. The Morgan fingerprint density at radius 1 is 1.50 bits per heavy atom. The molecule has 0 spiro atoms. The highest BCUT2D eigenvalue weighted by molar-refractivity contribution is 5.69. The van der Waals surface area contributed by atoms with E-state index >= 15 is 0 Å². The largest absolute Gasteiger partial charge is 0.444 e. The molecule has 1 aliphatic heterocycles. The van der Waals surface area contributed by atoms with Crippen LogP contribution in [0, 0.1) is 0 Å². The molecule has 5 heteroatoms. The molecule has 2 unspecified atom stereocenters. The maximum absolute atomic E-state index is 12.0. The number of likely N-dealkylation sites (tertiary alicyclic amines) is 1. The Hall–Kier alpha value is -0.810. The van der Waals surface area contributed by atoms with Gasteiger partial charge in [-0.3, -0.25) is 0 Å². The van der Waals surface area contributed by atoms with Crippen LogP contribution in [0.5, 0.6) is 0 Å². The summed E-state index contributed by atoms with van der Waals surface area (Å²) in [5.74, 6) is 0. The third-order valence-electron chi connectivity index (χ3n) is 3.03. The summed E-state index contributed by atoms with van der Waals surface area (Å²) in [5.41, 5.74) is -0.514. The predicted octanol–water partition coefficient (Wildman–Crippen LogP) is 1.52. The minimum Gasteiger partial charge on any atom is -0.444 e. The van der Waals surface area contributed by atoms with Gasteiger partial charge in [0.25, 0.3) is 0 Å². The number of carbonyl (C=O) groups is 1. The molecule has 1 amide bonds. The Labute approximate surface area is 109 Å². The Kier molecular flexibility index (Phi) is 5.41. The van der Waals surface area contributed by atoms with Crippen molar-refractivity contribution in [1.82, 2.24) is 4.90 Å². The van der Waals surface area contributed by atoms with E-state index in [0.29, 0.717) is 19.4 Å². The van der Waals surface area contributed by atoms with Crippen LogP contribution in [0.3, 0.4) is 0 Å². The molecule has 0 aromatic carbocycles. The molecule has 0 saturated carbocycles. The molecule has 1 saturated heterocycles. The van der Waals surface area contributed by atoms with Crippen molar-refractivity contribution in [2.75, 3.05) is 13.2 Å². The molecule has 18 heavy (non-hydrogen) atoms. The lowest BCUT2D eigenvalue weighted by Crippen LogP contribution is -2.45. The number of ether oxygens (including phenoxy) is 1. The van der Waals surface area contributed by atoms with E-state index in [1.54, 1.807) is 4.90 Å². The summed E-state index contributed by atoms with van der Waals surface area (Å²) < 4.78 is 5.33. The maximum Gasteiger partial charge on any atom is 0.410 e. The van der Waals surface area contributed by atoms with Gasteiger partial charge in [-0.25, -0.2) is 4.79 Å². The van der Waals surface area contributed by atoms with Crippen LogP contribution in [0.4, 0.5) is 4.79 Å². The molecular formula is C13H25NO4. The van der Waals surface area contributed by atoms with Crippen LogP contribution in [0.15, 0.2) is 0 Å². The zero-order valence-electron chi connectivity index (χ0n) is 11.6. The minimum atomic E-state index is -0.577. The number of carbonyl (C=O) groups excluding carboxylic acids is 1. The summed E-state index contributed by atoms with van der Waals surface area (Å²) >= 11 is 0. The number of hydrogen-bond acceptors (Lipinski definition) is 4. The summed E-state index contributed by atoms with van der Waals surface area (Å²) in [6.07, 6.45) is 1.83. The van der Waals surface area contributed by atoms with Crippen molar-refractivity contribution in [3.63, 3.8) is 0 Å². The molecular weight excluding hydrogens is 234 g/mol. The van der Waals surface area contributed by atoms with E-state index in [9.17, 15) is 9.90 Å². The molecule has 2 N–H and O–H groups in total. The lowest BCUT2D eigenvalue weighted by atomic mass is 10.0. The fraction of sp³-hybridized carbons (Fsp3) is 0.923. The number of aliphatic hydroxyl groups is 2. The van der Waals surface area contributed by atoms with Crippen molar-refractivity contribution < 1.29 is 19.7 Å². The summed E-state index contributed by atoms with van der Waals surface area (Å²) in [4.78, 5) is 13.6. The number of amides is 1. The van der Waals surface area contributed by atoms with E-state index in [1.165, 1.54) is 0 Å². The van der Waals surface area contributed by atoms with Crippen molar-refractivity contribution in [2.24, 2.45) is 0 Å². The van der Waals surface area contributed by atoms with Crippen molar-refractivity contribution in [1.29, 1.82) is 0 Å². The number of aliphatic hydroxyl groups excluding tert-OH is 2. The lowest BCUT2D eigenvalue weighted by Gasteiger charge is -2.31.